The fourth-order valence-corrected chi connectivity index (χ4v) is 3.71. The number of amides is 2. The second kappa shape index (κ2) is 7.25. The molecule has 160 valence electrons. The molecule has 1 aromatic heterocycles. The van der Waals surface area contributed by atoms with E-state index in [9.17, 15) is 22.4 Å². The van der Waals surface area contributed by atoms with Crippen LogP contribution in [0.2, 0.25) is 0 Å². The summed E-state index contributed by atoms with van der Waals surface area (Å²) in [5.74, 6) is -3.04. The summed E-state index contributed by atoms with van der Waals surface area (Å²) in [5, 5.41) is 11.1. The number of H-pyrrole nitrogens is 1. The summed E-state index contributed by atoms with van der Waals surface area (Å²) >= 11 is 0. The highest BCUT2D eigenvalue weighted by atomic mass is 19.1. The maximum atomic E-state index is 14.2. The quantitative estimate of drug-likeness (QED) is 0.640. The van der Waals surface area contributed by atoms with Gasteiger partial charge < -0.3 is 9.64 Å². The Kier molecular flexibility index (Phi) is 4.53. The van der Waals surface area contributed by atoms with E-state index in [2.05, 4.69) is 15.3 Å². The van der Waals surface area contributed by atoms with Crippen molar-refractivity contribution in [3.05, 3.63) is 59.3 Å². The van der Waals surface area contributed by atoms with E-state index in [0.29, 0.717) is 12.0 Å². The number of carbonyl (C=O) groups is 1. The van der Waals surface area contributed by atoms with E-state index >= 15 is 0 Å². The molecule has 7 nitrogen and oxygen atoms in total. The van der Waals surface area contributed by atoms with Crippen LogP contribution in [-0.4, -0.2) is 51.5 Å². The molecule has 1 unspecified atom stereocenters. The average molecular weight is 433 g/mol. The van der Waals surface area contributed by atoms with E-state index in [1.807, 2.05) is 0 Å². The smallest absolute Gasteiger partial charge is 0.341 e. The molecule has 1 N–H and O–H groups in total. The molecule has 0 aliphatic carbocycles. The van der Waals surface area contributed by atoms with Gasteiger partial charge in [0.1, 0.15) is 17.7 Å². The average Bonchev–Trinajstić information content (AvgIpc) is 3.31. The van der Waals surface area contributed by atoms with Gasteiger partial charge in [-0.2, -0.15) is 14.6 Å². The molecule has 1 fully saturated rings. The van der Waals surface area contributed by atoms with Gasteiger partial charge in [0.2, 0.25) is 5.95 Å². The number of halogens is 4. The second-order valence-corrected chi connectivity index (χ2v) is 7.36. The second-order valence-electron chi connectivity index (χ2n) is 7.36. The van der Waals surface area contributed by atoms with Crippen molar-refractivity contribution >= 4 is 23.1 Å². The van der Waals surface area contributed by atoms with Crippen molar-refractivity contribution < 1.29 is 27.1 Å². The van der Waals surface area contributed by atoms with Crippen LogP contribution < -0.4 is 4.74 Å². The molecule has 31 heavy (non-hydrogen) atoms. The van der Waals surface area contributed by atoms with Gasteiger partial charge in [-0.1, -0.05) is 0 Å². The van der Waals surface area contributed by atoms with Crippen LogP contribution in [0, 0.1) is 23.4 Å². The number of benzene rings is 2. The third-order valence-electron chi connectivity index (χ3n) is 5.27. The van der Waals surface area contributed by atoms with E-state index in [1.54, 1.807) is 0 Å². The fraction of sp³-hybridized carbons (Fsp3) is 0.250. The van der Waals surface area contributed by atoms with E-state index in [0.717, 1.165) is 12.1 Å². The van der Waals surface area contributed by atoms with Crippen LogP contribution in [-0.2, 0) is 0 Å². The molecule has 3 aromatic rings. The first-order valence-electron chi connectivity index (χ1n) is 9.45. The Balaban J connectivity index is 1.24. The topological polar surface area (TPSA) is 73.8 Å². The maximum Gasteiger partial charge on any atom is 0.341 e. The molecule has 1 saturated heterocycles. The standard InChI is InChI=1S/C20H15F4N5O2/c21-11-3-10(4-12(22)5-11)17-1-2-25-29(17)20(30)28-8-13(9-28)31-18-7-16-14(6-15(18)23)19(24)27-26-16/h2-7,13,17H,1,8-9H2,(H,26,27). The minimum absolute atomic E-state index is 0.0157. The van der Waals surface area contributed by atoms with Gasteiger partial charge in [-0.3, -0.25) is 5.10 Å². The Bertz CT molecular complexity index is 1190. The van der Waals surface area contributed by atoms with Crippen molar-refractivity contribution in [3.63, 3.8) is 0 Å². The molecule has 2 amide bonds. The summed E-state index contributed by atoms with van der Waals surface area (Å²) in [4.78, 5) is 14.2. The van der Waals surface area contributed by atoms with Gasteiger partial charge in [0, 0.05) is 24.8 Å². The number of likely N-dealkylation sites (tertiary alicyclic amines) is 1. The highest BCUT2D eigenvalue weighted by molar-refractivity contribution is 5.80. The number of aromatic nitrogens is 2. The number of aromatic amines is 1. The van der Waals surface area contributed by atoms with Crippen molar-refractivity contribution in [2.24, 2.45) is 5.10 Å². The van der Waals surface area contributed by atoms with Gasteiger partial charge in [0.25, 0.3) is 0 Å². The third-order valence-corrected chi connectivity index (χ3v) is 5.27. The van der Waals surface area contributed by atoms with Crippen LogP contribution in [0.5, 0.6) is 5.75 Å². The molecule has 0 bridgehead atoms. The first-order valence-corrected chi connectivity index (χ1v) is 9.45. The Labute approximate surface area is 172 Å². The lowest BCUT2D eigenvalue weighted by atomic mass is 10.0. The zero-order valence-electron chi connectivity index (χ0n) is 15.9. The number of nitrogens with one attached hydrogen (secondary N) is 1. The van der Waals surface area contributed by atoms with Crippen molar-refractivity contribution in [2.45, 2.75) is 18.6 Å². The zero-order chi connectivity index (χ0) is 21.7. The monoisotopic (exact) mass is 433 g/mol. The van der Waals surface area contributed by atoms with Crippen LogP contribution in [0.15, 0.2) is 35.4 Å². The van der Waals surface area contributed by atoms with Crippen LogP contribution in [0.4, 0.5) is 22.4 Å². The largest absolute Gasteiger partial charge is 0.484 e. The van der Waals surface area contributed by atoms with Crippen molar-refractivity contribution in [1.82, 2.24) is 20.1 Å². The van der Waals surface area contributed by atoms with Crippen LogP contribution >= 0.6 is 0 Å². The summed E-state index contributed by atoms with van der Waals surface area (Å²) in [7, 11) is 0. The van der Waals surface area contributed by atoms with Gasteiger partial charge in [0.15, 0.2) is 11.6 Å². The third kappa shape index (κ3) is 3.45. The molecular weight excluding hydrogens is 418 g/mol. The number of nitrogens with zero attached hydrogens (tertiary/aromatic N) is 4. The lowest BCUT2D eigenvalue weighted by Gasteiger charge is -2.41. The van der Waals surface area contributed by atoms with Crippen molar-refractivity contribution in [3.8, 4) is 5.75 Å². The number of hydrogen-bond acceptors (Lipinski definition) is 4. The highest BCUT2D eigenvalue weighted by Gasteiger charge is 2.39. The molecule has 0 radical (unpaired) electrons. The number of rotatable bonds is 3. The van der Waals surface area contributed by atoms with Crippen molar-refractivity contribution in [1.29, 1.82) is 0 Å². The Morgan fingerprint density at radius 3 is 2.55 bits per heavy atom. The molecule has 1 atom stereocenters. The molecule has 11 heteroatoms. The number of hydrazone groups is 1. The Morgan fingerprint density at radius 2 is 1.81 bits per heavy atom. The van der Waals surface area contributed by atoms with Gasteiger partial charge >= 0.3 is 6.03 Å². The normalized spacial score (nSPS) is 18.6. The number of urea groups is 1. The lowest BCUT2D eigenvalue weighted by molar-refractivity contribution is 0.0258. The molecule has 0 spiro atoms. The van der Waals surface area contributed by atoms with E-state index in [4.69, 9.17) is 4.74 Å². The van der Waals surface area contributed by atoms with E-state index < -0.39 is 41.6 Å². The summed E-state index contributed by atoms with van der Waals surface area (Å²) in [5.41, 5.74) is 0.524. The Hall–Kier alpha value is -3.63. The molecular formula is C20H15F4N5O2. The van der Waals surface area contributed by atoms with Gasteiger partial charge in [-0.05, 0) is 23.8 Å². The molecule has 5 rings (SSSR count). The minimum atomic E-state index is -0.741. The SMILES string of the molecule is O=C(N1CC(Oc2cc3n[nH]c(F)c3cc2F)C1)N1N=CCC1c1cc(F)cc(F)c1. The maximum absolute atomic E-state index is 14.2. The number of carbonyl (C=O) groups excluding carboxylic acids is 1. The van der Waals surface area contributed by atoms with Crippen LogP contribution in [0.3, 0.4) is 0 Å². The molecule has 2 aliphatic heterocycles. The van der Waals surface area contributed by atoms with Gasteiger partial charge in [-0.25, -0.2) is 23.0 Å². The predicted octanol–water partition coefficient (Wildman–Crippen LogP) is 3.74. The Morgan fingerprint density at radius 1 is 1.06 bits per heavy atom. The van der Waals surface area contributed by atoms with Crippen molar-refractivity contribution in [2.75, 3.05) is 13.1 Å². The van der Waals surface area contributed by atoms with Gasteiger partial charge in [-0.15, -0.1) is 0 Å². The van der Waals surface area contributed by atoms with Crippen LogP contribution in [0.25, 0.3) is 10.9 Å². The molecule has 3 heterocycles. The summed E-state index contributed by atoms with van der Waals surface area (Å²) in [6.45, 7) is 0.336. The highest BCUT2D eigenvalue weighted by Crippen LogP contribution is 2.32. The number of fused-ring (bicyclic) bond motifs is 1. The van der Waals surface area contributed by atoms with E-state index in [-0.39, 0.29) is 29.7 Å². The fourth-order valence-electron chi connectivity index (χ4n) is 3.71. The first-order chi connectivity index (χ1) is 14.9. The van der Waals surface area contributed by atoms with Gasteiger partial charge in [0.05, 0.1) is 30.0 Å². The van der Waals surface area contributed by atoms with Crippen LogP contribution in [0.1, 0.15) is 18.0 Å². The summed E-state index contributed by atoms with van der Waals surface area (Å²) < 4.78 is 60.4. The summed E-state index contributed by atoms with van der Waals surface area (Å²) in [6.07, 6.45) is 1.36. The number of hydrogen-bond donors (Lipinski definition) is 1. The number of ether oxygens (including phenoxy) is 1. The molecule has 2 aliphatic rings. The molecule has 2 aromatic carbocycles. The predicted molar refractivity (Wildman–Crippen MR) is 101 cm³/mol. The van der Waals surface area contributed by atoms with E-state index in [1.165, 1.54) is 34.3 Å². The zero-order valence-corrected chi connectivity index (χ0v) is 15.9. The summed E-state index contributed by atoms with van der Waals surface area (Å²) in [6, 6.07) is 4.31. The lowest BCUT2D eigenvalue weighted by Crippen LogP contribution is -2.58. The first kappa shape index (κ1) is 19.3. The minimum Gasteiger partial charge on any atom is -0.484 e. The molecule has 0 saturated carbocycles.